The standard InChI is InChI=1S/C18H20N2/c1-13-8-4-7-11-16(13)19-17-15-10-6-5-9-14(15)12-18(2,3)20-17/h4-11H,12H2,1-3H3,(H,19,20). The second-order valence-electron chi connectivity index (χ2n) is 6.05. The van der Waals surface area contributed by atoms with Gasteiger partial charge in [0, 0.05) is 11.3 Å². The van der Waals surface area contributed by atoms with Gasteiger partial charge in [0.2, 0.25) is 0 Å². The Labute approximate surface area is 120 Å². The molecule has 2 aromatic rings. The summed E-state index contributed by atoms with van der Waals surface area (Å²) in [5.74, 6) is 0.978. The molecular formula is C18H20N2. The molecule has 0 radical (unpaired) electrons. The van der Waals surface area contributed by atoms with Crippen LogP contribution < -0.4 is 5.32 Å². The number of nitrogens with zero attached hydrogens (tertiary/aromatic N) is 1. The third kappa shape index (κ3) is 2.46. The predicted octanol–water partition coefficient (Wildman–Crippen LogP) is 4.19. The molecule has 1 aliphatic heterocycles. The van der Waals surface area contributed by atoms with E-state index in [1.807, 2.05) is 0 Å². The van der Waals surface area contributed by atoms with E-state index in [4.69, 9.17) is 4.99 Å². The van der Waals surface area contributed by atoms with Crippen LogP contribution in [0.25, 0.3) is 0 Å². The first-order valence-electron chi connectivity index (χ1n) is 7.06. The molecule has 1 N–H and O–H groups in total. The summed E-state index contributed by atoms with van der Waals surface area (Å²) >= 11 is 0. The average Bonchev–Trinajstić information content (AvgIpc) is 2.40. The Kier molecular flexibility index (Phi) is 3.09. The van der Waals surface area contributed by atoms with Crippen molar-refractivity contribution in [1.82, 2.24) is 0 Å². The molecule has 2 nitrogen and oxygen atoms in total. The lowest BCUT2D eigenvalue weighted by Crippen LogP contribution is -2.32. The van der Waals surface area contributed by atoms with Gasteiger partial charge >= 0.3 is 0 Å². The molecule has 20 heavy (non-hydrogen) atoms. The minimum atomic E-state index is -0.0562. The highest BCUT2D eigenvalue weighted by Crippen LogP contribution is 2.27. The van der Waals surface area contributed by atoms with E-state index in [0.29, 0.717) is 0 Å². The molecule has 0 unspecified atom stereocenters. The summed E-state index contributed by atoms with van der Waals surface area (Å²) in [5, 5.41) is 3.51. The molecule has 0 aliphatic carbocycles. The van der Waals surface area contributed by atoms with Crippen molar-refractivity contribution in [3.8, 4) is 0 Å². The van der Waals surface area contributed by atoms with Crippen LogP contribution in [-0.2, 0) is 6.42 Å². The van der Waals surface area contributed by atoms with Crippen LogP contribution in [0.15, 0.2) is 53.5 Å². The maximum Gasteiger partial charge on any atom is 0.133 e. The van der Waals surface area contributed by atoms with E-state index >= 15 is 0 Å². The number of para-hydroxylation sites is 1. The van der Waals surface area contributed by atoms with Crippen molar-refractivity contribution >= 4 is 11.5 Å². The van der Waals surface area contributed by atoms with Gasteiger partial charge in [-0.3, -0.25) is 4.99 Å². The summed E-state index contributed by atoms with van der Waals surface area (Å²) in [4.78, 5) is 4.90. The zero-order valence-electron chi connectivity index (χ0n) is 12.3. The Morgan fingerprint density at radius 2 is 1.70 bits per heavy atom. The Bertz CT molecular complexity index is 669. The third-order valence-corrected chi connectivity index (χ3v) is 3.71. The van der Waals surface area contributed by atoms with Crippen LogP contribution in [0.3, 0.4) is 0 Å². The number of anilines is 1. The van der Waals surface area contributed by atoms with Crippen LogP contribution in [-0.4, -0.2) is 11.4 Å². The quantitative estimate of drug-likeness (QED) is 0.820. The van der Waals surface area contributed by atoms with Crippen LogP contribution >= 0.6 is 0 Å². The molecule has 0 amide bonds. The molecule has 0 fully saturated rings. The Morgan fingerprint density at radius 3 is 2.50 bits per heavy atom. The maximum atomic E-state index is 4.90. The lowest BCUT2D eigenvalue weighted by atomic mass is 9.88. The van der Waals surface area contributed by atoms with Crippen molar-refractivity contribution in [1.29, 1.82) is 0 Å². The molecule has 0 saturated carbocycles. The zero-order valence-corrected chi connectivity index (χ0v) is 12.3. The van der Waals surface area contributed by atoms with Gasteiger partial charge in [-0.2, -0.15) is 0 Å². The van der Waals surface area contributed by atoms with Crippen LogP contribution in [0.4, 0.5) is 5.69 Å². The summed E-state index contributed by atoms with van der Waals surface area (Å²) in [7, 11) is 0. The highest BCUT2D eigenvalue weighted by atomic mass is 15.0. The van der Waals surface area contributed by atoms with E-state index in [0.717, 1.165) is 17.9 Å². The minimum absolute atomic E-state index is 0.0562. The molecule has 3 rings (SSSR count). The normalized spacial score (nSPS) is 16.2. The average molecular weight is 264 g/mol. The molecule has 0 atom stereocenters. The first-order chi connectivity index (χ1) is 9.55. The molecule has 1 heterocycles. The molecular weight excluding hydrogens is 244 g/mol. The van der Waals surface area contributed by atoms with Gasteiger partial charge < -0.3 is 5.32 Å². The Morgan fingerprint density at radius 1 is 1.00 bits per heavy atom. The number of hydrogen-bond donors (Lipinski definition) is 1. The van der Waals surface area contributed by atoms with E-state index in [-0.39, 0.29) is 5.54 Å². The van der Waals surface area contributed by atoms with Gasteiger partial charge in [0.25, 0.3) is 0 Å². The van der Waals surface area contributed by atoms with E-state index in [2.05, 4.69) is 74.6 Å². The molecule has 0 bridgehead atoms. The van der Waals surface area contributed by atoms with E-state index in [1.165, 1.54) is 16.7 Å². The fraction of sp³-hybridized carbons (Fsp3) is 0.278. The van der Waals surface area contributed by atoms with Crippen LogP contribution in [0.2, 0.25) is 0 Å². The minimum Gasteiger partial charge on any atom is -0.340 e. The van der Waals surface area contributed by atoms with Crippen molar-refractivity contribution in [3.63, 3.8) is 0 Å². The van der Waals surface area contributed by atoms with Crippen molar-refractivity contribution in [2.24, 2.45) is 4.99 Å². The largest absolute Gasteiger partial charge is 0.340 e. The second-order valence-corrected chi connectivity index (χ2v) is 6.05. The van der Waals surface area contributed by atoms with E-state index in [1.54, 1.807) is 0 Å². The van der Waals surface area contributed by atoms with E-state index < -0.39 is 0 Å². The first-order valence-corrected chi connectivity index (χ1v) is 7.06. The molecule has 102 valence electrons. The maximum absolute atomic E-state index is 4.90. The summed E-state index contributed by atoms with van der Waals surface area (Å²) in [5.41, 5.74) is 4.88. The van der Waals surface area contributed by atoms with Crippen molar-refractivity contribution in [3.05, 3.63) is 65.2 Å². The number of amidine groups is 1. The van der Waals surface area contributed by atoms with Gasteiger partial charge in [0.15, 0.2) is 0 Å². The van der Waals surface area contributed by atoms with Crippen molar-refractivity contribution in [2.75, 3.05) is 5.32 Å². The Balaban J connectivity index is 2.03. The predicted molar refractivity (Wildman–Crippen MR) is 85.6 cm³/mol. The third-order valence-electron chi connectivity index (χ3n) is 3.71. The van der Waals surface area contributed by atoms with Crippen molar-refractivity contribution < 1.29 is 0 Å². The van der Waals surface area contributed by atoms with Gasteiger partial charge in [-0.15, -0.1) is 0 Å². The van der Waals surface area contributed by atoms with Gasteiger partial charge in [-0.05, 0) is 44.4 Å². The number of benzene rings is 2. The van der Waals surface area contributed by atoms with Gasteiger partial charge in [0.1, 0.15) is 5.84 Å². The number of rotatable bonds is 1. The zero-order chi connectivity index (χ0) is 14.2. The molecule has 0 spiro atoms. The van der Waals surface area contributed by atoms with Gasteiger partial charge in [-0.1, -0.05) is 42.5 Å². The molecule has 2 heteroatoms. The van der Waals surface area contributed by atoms with Crippen LogP contribution in [0.1, 0.15) is 30.5 Å². The lowest BCUT2D eigenvalue weighted by molar-refractivity contribution is 0.513. The number of aliphatic imine (C=N–C) groups is 1. The highest BCUT2D eigenvalue weighted by molar-refractivity contribution is 6.10. The van der Waals surface area contributed by atoms with Crippen LogP contribution in [0.5, 0.6) is 0 Å². The topological polar surface area (TPSA) is 24.4 Å². The Hall–Kier alpha value is -2.09. The van der Waals surface area contributed by atoms with Crippen LogP contribution in [0, 0.1) is 6.92 Å². The number of fused-ring (bicyclic) bond motifs is 1. The van der Waals surface area contributed by atoms with E-state index in [9.17, 15) is 0 Å². The monoisotopic (exact) mass is 264 g/mol. The second kappa shape index (κ2) is 4.78. The summed E-state index contributed by atoms with van der Waals surface area (Å²) in [6, 6.07) is 16.8. The smallest absolute Gasteiger partial charge is 0.133 e. The lowest BCUT2D eigenvalue weighted by Gasteiger charge is -2.29. The SMILES string of the molecule is Cc1ccccc1NC1=NC(C)(C)Cc2ccccc21. The van der Waals surface area contributed by atoms with Gasteiger partial charge in [0.05, 0.1) is 5.54 Å². The van der Waals surface area contributed by atoms with Crippen molar-refractivity contribution in [2.45, 2.75) is 32.7 Å². The molecule has 0 aromatic heterocycles. The number of aryl methyl sites for hydroxylation is 1. The highest BCUT2D eigenvalue weighted by Gasteiger charge is 2.26. The molecule has 2 aromatic carbocycles. The summed E-state index contributed by atoms with van der Waals surface area (Å²) in [6.07, 6.45) is 0.988. The summed E-state index contributed by atoms with van der Waals surface area (Å²) < 4.78 is 0. The molecule has 0 saturated heterocycles. The number of hydrogen-bond acceptors (Lipinski definition) is 2. The molecule has 1 aliphatic rings. The number of nitrogens with one attached hydrogen (secondary N) is 1. The fourth-order valence-electron chi connectivity index (χ4n) is 2.71. The first kappa shape index (κ1) is 12.9. The van der Waals surface area contributed by atoms with Gasteiger partial charge in [-0.25, -0.2) is 0 Å². The fourth-order valence-corrected chi connectivity index (χ4v) is 2.71. The summed E-state index contributed by atoms with van der Waals surface area (Å²) in [6.45, 7) is 6.48.